The fourth-order valence-corrected chi connectivity index (χ4v) is 4.41. The molecule has 1 saturated heterocycles. The maximum atomic E-state index is 6.57. The number of rotatable bonds is 14. The van der Waals surface area contributed by atoms with E-state index in [2.05, 4.69) is 19.1 Å². The molecule has 5 atom stereocenters. The molecule has 198 valence electrons. The molecule has 1 aliphatic heterocycles. The molecule has 1 aliphatic rings. The van der Waals surface area contributed by atoms with Gasteiger partial charge in [0.15, 0.2) is 6.29 Å². The van der Waals surface area contributed by atoms with Crippen molar-refractivity contribution in [3.63, 3.8) is 0 Å². The van der Waals surface area contributed by atoms with Gasteiger partial charge in [-0.1, -0.05) is 97.9 Å². The average Bonchev–Trinajstić information content (AvgIpc) is 2.96. The molecule has 3 aromatic rings. The molecule has 0 N–H and O–H groups in total. The molecule has 37 heavy (non-hydrogen) atoms. The van der Waals surface area contributed by atoms with Crippen LogP contribution in [0.2, 0.25) is 0 Å². The lowest BCUT2D eigenvalue weighted by Crippen LogP contribution is -2.61. The smallest absolute Gasteiger partial charge is 0.186 e. The highest BCUT2D eigenvalue weighted by Gasteiger charge is 2.48. The minimum atomic E-state index is -0.628. The molecule has 0 aromatic heterocycles. The van der Waals surface area contributed by atoms with Crippen LogP contribution in [0, 0.1) is 0 Å². The standard InChI is InChI=1S/C31H38O6/c1-3-19-33-23-27-28(34-20-24-13-7-4-8-14-24)29(35-21-25-15-9-5-10-16-25)30(31(32-2)37-27)36-22-26-17-11-6-12-18-26/h4-18,27-31H,3,19-23H2,1-2H3/t27-,28+,29+,30-,31+/m1/s1. The van der Waals surface area contributed by atoms with Crippen molar-refractivity contribution in [1.29, 1.82) is 0 Å². The van der Waals surface area contributed by atoms with Gasteiger partial charge in [0.25, 0.3) is 0 Å². The van der Waals surface area contributed by atoms with Crippen LogP contribution in [0.3, 0.4) is 0 Å². The maximum Gasteiger partial charge on any atom is 0.186 e. The quantitative estimate of drug-likeness (QED) is 0.268. The first-order valence-electron chi connectivity index (χ1n) is 13.0. The van der Waals surface area contributed by atoms with Crippen LogP contribution < -0.4 is 0 Å². The Balaban J connectivity index is 1.58. The van der Waals surface area contributed by atoms with Crippen LogP contribution in [0.15, 0.2) is 91.0 Å². The fraction of sp³-hybridized carbons (Fsp3) is 0.419. The Labute approximate surface area is 220 Å². The zero-order valence-electron chi connectivity index (χ0n) is 21.7. The minimum absolute atomic E-state index is 0.377. The van der Waals surface area contributed by atoms with Crippen molar-refractivity contribution in [3.8, 4) is 0 Å². The third-order valence-corrected chi connectivity index (χ3v) is 6.31. The molecular weight excluding hydrogens is 468 g/mol. The van der Waals surface area contributed by atoms with E-state index in [0.717, 1.165) is 23.1 Å². The third kappa shape index (κ3) is 8.20. The lowest BCUT2D eigenvalue weighted by atomic mass is 9.97. The van der Waals surface area contributed by atoms with Crippen molar-refractivity contribution < 1.29 is 28.4 Å². The lowest BCUT2D eigenvalue weighted by molar-refractivity contribution is -0.323. The molecule has 6 heteroatoms. The minimum Gasteiger partial charge on any atom is -0.379 e. The Kier molecular flexibility index (Phi) is 11.1. The van der Waals surface area contributed by atoms with E-state index in [1.807, 2.05) is 78.9 Å². The third-order valence-electron chi connectivity index (χ3n) is 6.31. The number of ether oxygens (including phenoxy) is 6. The Morgan fingerprint density at radius 1 is 0.622 bits per heavy atom. The van der Waals surface area contributed by atoms with E-state index in [4.69, 9.17) is 28.4 Å². The second-order valence-electron chi connectivity index (χ2n) is 9.14. The van der Waals surface area contributed by atoms with E-state index in [9.17, 15) is 0 Å². The van der Waals surface area contributed by atoms with Crippen LogP contribution >= 0.6 is 0 Å². The Morgan fingerprint density at radius 2 is 1.08 bits per heavy atom. The summed E-state index contributed by atoms with van der Waals surface area (Å²) < 4.78 is 37.6. The predicted octanol–water partition coefficient (Wildman–Crippen LogP) is 5.54. The summed E-state index contributed by atoms with van der Waals surface area (Å²) in [6.07, 6.45) is -1.45. The molecule has 6 nitrogen and oxygen atoms in total. The summed E-state index contributed by atoms with van der Waals surface area (Å²) in [5.41, 5.74) is 3.22. The Hall–Kier alpha value is -2.58. The van der Waals surface area contributed by atoms with E-state index in [-0.39, 0.29) is 6.10 Å². The van der Waals surface area contributed by atoms with Crippen molar-refractivity contribution in [2.75, 3.05) is 20.3 Å². The molecule has 0 bridgehead atoms. The van der Waals surface area contributed by atoms with Crippen LogP contribution in [0.25, 0.3) is 0 Å². The molecule has 1 fully saturated rings. The monoisotopic (exact) mass is 506 g/mol. The van der Waals surface area contributed by atoms with Crippen molar-refractivity contribution in [3.05, 3.63) is 108 Å². The van der Waals surface area contributed by atoms with E-state index < -0.39 is 24.6 Å². The second-order valence-corrected chi connectivity index (χ2v) is 9.14. The largest absolute Gasteiger partial charge is 0.379 e. The highest BCUT2D eigenvalue weighted by Crippen LogP contribution is 2.31. The van der Waals surface area contributed by atoms with Gasteiger partial charge in [-0.25, -0.2) is 0 Å². The SMILES string of the molecule is CCCOC[C@H]1O[C@H](OC)[C@H](OCc2ccccc2)[C@@H](OCc2ccccc2)[C@H]1OCc1ccccc1. The Morgan fingerprint density at radius 3 is 1.54 bits per heavy atom. The van der Waals surface area contributed by atoms with Crippen LogP contribution in [-0.2, 0) is 48.2 Å². The summed E-state index contributed by atoms with van der Waals surface area (Å²) in [7, 11) is 1.63. The first-order valence-corrected chi connectivity index (χ1v) is 13.0. The van der Waals surface area contributed by atoms with Gasteiger partial charge in [0.05, 0.1) is 26.4 Å². The molecule has 0 spiro atoms. The highest BCUT2D eigenvalue weighted by molar-refractivity contribution is 5.15. The van der Waals surface area contributed by atoms with E-state index in [0.29, 0.717) is 33.0 Å². The number of hydrogen-bond donors (Lipinski definition) is 0. The van der Waals surface area contributed by atoms with Gasteiger partial charge in [-0.05, 0) is 23.1 Å². The van der Waals surface area contributed by atoms with Crippen molar-refractivity contribution in [1.82, 2.24) is 0 Å². The van der Waals surface area contributed by atoms with Gasteiger partial charge >= 0.3 is 0 Å². The van der Waals surface area contributed by atoms with Crippen LogP contribution in [-0.4, -0.2) is 51.0 Å². The number of benzene rings is 3. The van der Waals surface area contributed by atoms with Crippen LogP contribution in [0.1, 0.15) is 30.0 Å². The van der Waals surface area contributed by atoms with Crippen molar-refractivity contribution in [2.45, 2.75) is 63.9 Å². The summed E-state index contributed by atoms with van der Waals surface area (Å²) in [6, 6.07) is 30.3. The fourth-order valence-electron chi connectivity index (χ4n) is 4.41. The van der Waals surface area contributed by atoms with Gasteiger partial charge in [0, 0.05) is 13.7 Å². The van der Waals surface area contributed by atoms with Gasteiger partial charge in [-0.3, -0.25) is 0 Å². The van der Waals surface area contributed by atoms with E-state index >= 15 is 0 Å². The predicted molar refractivity (Wildman–Crippen MR) is 142 cm³/mol. The summed E-state index contributed by atoms with van der Waals surface area (Å²) in [5.74, 6) is 0. The molecule has 0 saturated carbocycles. The summed E-state index contributed by atoms with van der Waals surface area (Å²) >= 11 is 0. The molecule has 0 unspecified atom stereocenters. The molecule has 0 radical (unpaired) electrons. The highest BCUT2D eigenvalue weighted by atomic mass is 16.7. The van der Waals surface area contributed by atoms with Gasteiger partial charge in [0.1, 0.15) is 24.4 Å². The van der Waals surface area contributed by atoms with E-state index in [1.165, 1.54) is 0 Å². The van der Waals surface area contributed by atoms with Gasteiger partial charge < -0.3 is 28.4 Å². The zero-order chi connectivity index (χ0) is 25.7. The molecule has 4 rings (SSSR count). The summed E-state index contributed by atoms with van der Waals surface area (Å²) in [4.78, 5) is 0. The second kappa shape index (κ2) is 15.0. The lowest BCUT2D eigenvalue weighted by Gasteiger charge is -2.45. The molecule has 0 amide bonds. The topological polar surface area (TPSA) is 55.4 Å². The molecule has 1 heterocycles. The van der Waals surface area contributed by atoms with Gasteiger partial charge in [-0.2, -0.15) is 0 Å². The van der Waals surface area contributed by atoms with Gasteiger partial charge in [-0.15, -0.1) is 0 Å². The van der Waals surface area contributed by atoms with Gasteiger partial charge in [0.2, 0.25) is 0 Å². The number of methoxy groups -OCH3 is 1. The molecule has 3 aromatic carbocycles. The van der Waals surface area contributed by atoms with E-state index in [1.54, 1.807) is 7.11 Å². The van der Waals surface area contributed by atoms with Crippen LogP contribution in [0.4, 0.5) is 0 Å². The normalized spacial score (nSPS) is 23.7. The van der Waals surface area contributed by atoms with Crippen molar-refractivity contribution >= 4 is 0 Å². The first kappa shape index (κ1) is 27.5. The van der Waals surface area contributed by atoms with Crippen molar-refractivity contribution in [2.24, 2.45) is 0 Å². The molecular formula is C31H38O6. The summed E-state index contributed by atoms with van der Waals surface area (Å²) in [6.45, 7) is 4.36. The summed E-state index contributed by atoms with van der Waals surface area (Å²) in [5, 5.41) is 0. The first-order chi connectivity index (χ1) is 18.3. The maximum absolute atomic E-state index is 6.57. The average molecular weight is 507 g/mol. The zero-order valence-corrected chi connectivity index (χ0v) is 21.7. The Bertz CT molecular complexity index is 1000. The number of hydrogen-bond acceptors (Lipinski definition) is 6. The molecule has 0 aliphatic carbocycles. The van der Waals surface area contributed by atoms with Crippen LogP contribution in [0.5, 0.6) is 0 Å².